The molecule has 1 aliphatic heterocycles. The van der Waals surface area contributed by atoms with E-state index in [2.05, 4.69) is 19.0 Å². The van der Waals surface area contributed by atoms with Gasteiger partial charge in [-0.25, -0.2) is 8.42 Å². The molecular weight excluding hydrogens is 423 g/mol. The predicted octanol–water partition coefficient (Wildman–Crippen LogP) is -1.11. The van der Waals surface area contributed by atoms with Crippen LogP contribution in [0.5, 0.6) is 0 Å². The number of anilines is 2. The third kappa shape index (κ3) is 5.76. The maximum atomic E-state index is 12.4. The highest BCUT2D eigenvalue weighted by molar-refractivity contribution is 7.92. The lowest BCUT2D eigenvalue weighted by Crippen LogP contribution is -3.00. The summed E-state index contributed by atoms with van der Waals surface area (Å²) in [5.41, 5.74) is 5.75. The Balaban J connectivity index is 0.00000338. The smallest absolute Gasteiger partial charge is 0.257 e. The van der Waals surface area contributed by atoms with Gasteiger partial charge >= 0.3 is 0 Å². The summed E-state index contributed by atoms with van der Waals surface area (Å²) in [6, 6.07) is 2.54. The van der Waals surface area contributed by atoms with Crippen LogP contribution in [0.2, 0.25) is 10.0 Å². The molecule has 0 radical (unpaired) electrons. The van der Waals surface area contributed by atoms with Crippen molar-refractivity contribution in [1.82, 2.24) is 4.90 Å². The normalized spacial score (nSPS) is 17.6. The molecule has 26 heavy (non-hydrogen) atoms. The molecule has 1 aromatic rings. The molecule has 7 nitrogen and oxygen atoms in total. The molecule has 1 fully saturated rings. The number of halogens is 3. The second-order valence-corrected chi connectivity index (χ2v) is 9.56. The van der Waals surface area contributed by atoms with Crippen molar-refractivity contribution in [3.63, 3.8) is 0 Å². The zero-order chi connectivity index (χ0) is 18.8. The van der Waals surface area contributed by atoms with Crippen LogP contribution in [0, 0.1) is 0 Å². The van der Waals surface area contributed by atoms with Gasteiger partial charge in [0.15, 0.2) is 0 Å². The highest BCUT2D eigenvalue weighted by Gasteiger charge is 2.29. The topological polar surface area (TPSA) is 86.9 Å². The number of nitrogen functional groups attached to an aromatic ring is 1. The molecule has 0 amide bonds. The number of rotatable bonds is 6. The molecule has 0 unspecified atom stereocenters. The van der Waals surface area contributed by atoms with Crippen LogP contribution in [0.15, 0.2) is 12.1 Å². The van der Waals surface area contributed by atoms with E-state index < -0.39 is 10.0 Å². The molecule has 1 aromatic carbocycles. The Hall–Kier alpha value is -0.480. The van der Waals surface area contributed by atoms with Gasteiger partial charge in [-0.2, -0.15) is 0 Å². The van der Waals surface area contributed by atoms with Gasteiger partial charge in [0.1, 0.15) is 0 Å². The van der Waals surface area contributed by atoms with Crippen molar-refractivity contribution in [3.8, 4) is 0 Å². The molecule has 0 atom stereocenters. The van der Waals surface area contributed by atoms with E-state index in [1.807, 2.05) is 0 Å². The van der Waals surface area contributed by atoms with Crippen LogP contribution in [0.25, 0.3) is 0 Å². The van der Waals surface area contributed by atoms with Crippen molar-refractivity contribution in [1.29, 1.82) is 0 Å². The number of likely N-dealkylation sites (N-methyl/N-ethyl adjacent to an activating group) is 2. The van der Waals surface area contributed by atoms with E-state index in [1.165, 1.54) is 12.1 Å². The highest BCUT2D eigenvalue weighted by atomic mass is 35.5. The van der Waals surface area contributed by atoms with Gasteiger partial charge in [0.05, 0.1) is 53.9 Å². The fourth-order valence-corrected chi connectivity index (χ4v) is 4.40. The Morgan fingerprint density at radius 2 is 1.77 bits per heavy atom. The molecule has 1 aliphatic rings. The lowest BCUT2D eigenvalue weighted by atomic mass is 10.2. The zero-order valence-corrected chi connectivity index (χ0v) is 17.9. The van der Waals surface area contributed by atoms with Crippen LogP contribution in [0.3, 0.4) is 0 Å². The van der Waals surface area contributed by atoms with Gasteiger partial charge in [0, 0.05) is 19.5 Å². The Bertz CT molecular complexity index is 702. The molecule has 0 bridgehead atoms. The fourth-order valence-electron chi connectivity index (χ4n) is 2.83. The molecular formula is C15H25Cl3N4O3S. The lowest BCUT2D eigenvalue weighted by molar-refractivity contribution is -0.913. The first-order valence-corrected chi connectivity index (χ1v) is 10.4. The maximum Gasteiger partial charge on any atom is 0.257 e. The number of nitrogens with zero attached hydrogens (tertiary/aromatic N) is 3. The summed E-state index contributed by atoms with van der Waals surface area (Å²) in [6.45, 7) is 4.71. The molecule has 11 heteroatoms. The quantitative estimate of drug-likeness (QED) is 0.328. The van der Waals surface area contributed by atoms with Crippen molar-refractivity contribution in [2.75, 3.05) is 62.8 Å². The van der Waals surface area contributed by atoms with Crippen LogP contribution >= 0.6 is 23.2 Å². The summed E-state index contributed by atoms with van der Waals surface area (Å²) < 4.78 is 25.8. The molecule has 0 spiro atoms. The first kappa shape index (κ1) is 23.6. The van der Waals surface area contributed by atoms with Gasteiger partial charge in [-0.05, 0) is 19.2 Å². The van der Waals surface area contributed by atoms with Crippen molar-refractivity contribution in [2.45, 2.75) is 6.42 Å². The predicted molar refractivity (Wildman–Crippen MR) is 102 cm³/mol. The first-order valence-electron chi connectivity index (χ1n) is 8.03. The Kier molecular flexibility index (Phi) is 8.28. The number of piperazine rings is 1. The van der Waals surface area contributed by atoms with Gasteiger partial charge in [-0.1, -0.05) is 23.2 Å². The number of sulfonamides is 1. The van der Waals surface area contributed by atoms with Crippen LogP contribution in [-0.4, -0.2) is 75.6 Å². The van der Waals surface area contributed by atoms with Crippen LogP contribution in [0.4, 0.5) is 11.4 Å². The summed E-state index contributed by atoms with van der Waals surface area (Å²) in [4.78, 5) is 2.26. The van der Waals surface area contributed by atoms with E-state index in [0.717, 1.165) is 37.2 Å². The summed E-state index contributed by atoms with van der Waals surface area (Å²) >= 11 is 11.8. The molecule has 0 saturated carbocycles. The second kappa shape index (κ2) is 9.14. The van der Waals surface area contributed by atoms with Crippen LogP contribution in [-0.2, 0) is 10.0 Å². The number of benzene rings is 1. The molecule has 0 aromatic heterocycles. The third-order valence-corrected chi connectivity index (χ3v) is 6.86. The number of nitrogens with two attached hydrogens (primary N) is 1. The Labute approximate surface area is 171 Å². The number of hydrogen-bond donors (Lipinski definition) is 2. The highest BCUT2D eigenvalue weighted by Crippen LogP contribution is 2.33. The van der Waals surface area contributed by atoms with Crippen LogP contribution in [0.1, 0.15) is 6.42 Å². The largest absolute Gasteiger partial charge is 1.00 e. The van der Waals surface area contributed by atoms with E-state index >= 15 is 0 Å². The Morgan fingerprint density at radius 1 is 1.27 bits per heavy atom. The van der Waals surface area contributed by atoms with Crippen molar-refractivity contribution >= 4 is 44.6 Å². The monoisotopic (exact) mass is 446 g/mol. The fraction of sp³-hybridized carbons (Fsp3) is 0.600. The van der Waals surface area contributed by atoms with Gasteiger partial charge in [-0.15, -0.1) is 4.47 Å². The van der Waals surface area contributed by atoms with Crippen molar-refractivity contribution < 1.29 is 30.5 Å². The van der Waals surface area contributed by atoms with Gasteiger partial charge in [-0.3, -0.25) is 10.1 Å². The summed E-state index contributed by atoms with van der Waals surface area (Å²) in [6.07, 6.45) is 0.454. The van der Waals surface area contributed by atoms with E-state index in [1.54, 1.807) is 0 Å². The summed E-state index contributed by atoms with van der Waals surface area (Å²) in [7, 11) is 0.331. The molecule has 3 N–H and O–H groups in total. The minimum absolute atomic E-state index is 0. The van der Waals surface area contributed by atoms with Gasteiger partial charge in [0.25, 0.3) is 10.0 Å². The standard InChI is InChI=1S/C15H25Cl2N4O3S.ClH/c1-19-4-7-21(2,8-5-19)6-3-9-25(23,24)20(22)12-10-13(16)15(18)14(17)11-12;/h10-11,22H,3-9,18H2,1-2H3;1H/q+1;/p-1. The third-order valence-electron chi connectivity index (χ3n) is 4.69. The first-order chi connectivity index (χ1) is 11.5. The molecule has 2 rings (SSSR count). The van der Waals surface area contributed by atoms with E-state index in [0.29, 0.717) is 6.42 Å². The molecule has 150 valence electrons. The average Bonchev–Trinajstić information content (AvgIpc) is 2.54. The van der Waals surface area contributed by atoms with Crippen LogP contribution < -0.4 is 22.6 Å². The average molecular weight is 448 g/mol. The van der Waals surface area contributed by atoms with Gasteiger partial charge < -0.3 is 22.6 Å². The lowest BCUT2D eigenvalue weighted by Gasteiger charge is -2.41. The number of quaternary nitrogens is 1. The SMILES string of the molecule is CN1CC[N+](C)(CCCS(=O)(=O)N(O)c2cc(Cl)c(N)c(Cl)c2)CC1.[Cl-]. The van der Waals surface area contributed by atoms with Gasteiger partial charge in [0.2, 0.25) is 0 Å². The Morgan fingerprint density at radius 3 is 2.27 bits per heavy atom. The van der Waals surface area contributed by atoms with E-state index in [-0.39, 0.29) is 44.0 Å². The van der Waals surface area contributed by atoms with Crippen molar-refractivity contribution in [2.24, 2.45) is 0 Å². The zero-order valence-electron chi connectivity index (χ0n) is 14.8. The molecule has 0 aliphatic carbocycles. The molecule has 1 saturated heterocycles. The number of hydrogen-bond acceptors (Lipinski definition) is 5. The minimum atomic E-state index is -3.89. The maximum absolute atomic E-state index is 12.4. The minimum Gasteiger partial charge on any atom is -1.00 e. The van der Waals surface area contributed by atoms with Crippen molar-refractivity contribution in [3.05, 3.63) is 22.2 Å². The summed E-state index contributed by atoms with van der Waals surface area (Å²) in [5, 5.41) is 10.3. The second-order valence-electron chi connectivity index (χ2n) is 6.83. The summed E-state index contributed by atoms with van der Waals surface area (Å²) in [5.74, 6) is -0.160. The molecule has 1 heterocycles. The van der Waals surface area contributed by atoms with E-state index in [9.17, 15) is 13.6 Å². The van der Waals surface area contributed by atoms with E-state index in [4.69, 9.17) is 28.9 Å².